The summed E-state index contributed by atoms with van der Waals surface area (Å²) in [5, 5.41) is 13.4. The van der Waals surface area contributed by atoms with Gasteiger partial charge in [0.05, 0.1) is 17.7 Å². The second-order valence-electron chi connectivity index (χ2n) is 7.57. The minimum atomic E-state index is -4.10. The Morgan fingerprint density at radius 1 is 1.19 bits per heavy atom. The number of rotatable bonds is 12. The highest BCUT2D eigenvalue weighted by Crippen LogP contribution is 2.27. The first-order chi connectivity index (χ1) is 17.6. The van der Waals surface area contributed by atoms with Gasteiger partial charge in [-0.05, 0) is 42.0 Å². The van der Waals surface area contributed by atoms with Gasteiger partial charge in [-0.2, -0.15) is 0 Å². The predicted molar refractivity (Wildman–Crippen MR) is 138 cm³/mol. The van der Waals surface area contributed by atoms with E-state index in [-0.39, 0.29) is 40.4 Å². The Balaban J connectivity index is 1.75. The molecule has 1 atom stereocenters. The van der Waals surface area contributed by atoms with Gasteiger partial charge >= 0.3 is 12.0 Å². The summed E-state index contributed by atoms with van der Waals surface area (Å²) in [5.74, 6) is -2.09. The lowest BCUT2D eigenvalue weighted by Gasteiger charge is -2.15. The highest BCUT2D eigenvalue weighted by molar-refractivity contribution is 7.92. The molecule has 0 unspecified atom stereocenters. The van der Waals surface area contributed by atoms with Gasteiger partial charge in [0.2, 0.25) is 0 Å². The zero-order valence-corrected chi connectivity index (χ0v) is 21.3. The van der Waals surface area contributed by atoms with Crippen LogP contribution in [-0.4, -0.2) is 61.0 Å². The fourth-order valence-electron chi connectivity index (χ4n) is 3.17. The van der Waals surface area contributed by atoms with E-state index in [1.54, 1.807) is 12.1 Å². The number of carbonyl (C=O) groups is 2. The van der Waals surface area contributed by atoms with Crippen molar-refractivity contribution in [1.82, 2.24) is 15.3 Å². The molecular formula is C22H25N7O6S2. The van der Waals surface area contributed by atoms with Crippen LogP contribution in [0.25, 0.3) is 11.1 Å². The summed E-state index contributed by atoms with van der Waals surface area (Å²) in [4.78, 5) is 36.2. The lowest BCUT2D eigenvalue weighted by atomic mass is 10.1. The molecule has 13 nitrogen and oxygen atoms in total. The number of carbonyl (C=O) groups excluding carboxylic acids is 1. The van der Waals surface area contributed by atoms with E-state index in [4.69, 9.17) is 16.2 Å². The molecule has 2 heterocycles. The average molecular weight is 548 g/mol. The summed E-state index contributed by atoms with van der Waals surface area (Å²) in [6.45, 7) is 0.202. The van der Waals surface area contributed by atoms with E-state index in [2.05, 4.69) is 25.0 Å². The average Bonchev–Trinajstić information content (AvgIpc) is 3.33. The van der Waals surface area contributed by atoms with Crippen molar-refractivity contribution >= 4 is 44.9 Å². The number of amides is 1. The number of nitrogens with zero attached hydrogens (tertiary/aromatic N) is 3. The maximum Gasteiger partial charge on any atom is 0.326 e. The van der Waals surface area contributed by atoms with Crippen LogP contribution in [0.1, 0.15) is 22.5 Å². The Morgan fingerprint density at radius 2 is 1.92 bits per heavy atom. The number of carboxylic acids is 1. The fourth-order valence-corrected chi connectivity index (χ4v) is 5.10. The number of aliphatic carboxylic acids is 1. The number of hydrogen-bond acceptors (Lipinski definition) is 9. The summed E-state index contributed by atoms with van der Waals surface area (Å²) >= 11 is 0.968. The number of guanidine groups is 1. The van der Waals surface area contributed by atoms with E-state index in [0.29, 0.717) is 17.5 Å². The van der Waals surface area contributed by atoms with Crippen LogP contribution in [0.3, 0.4) is 0 Å². The third-order valence-electron chi connectivity index (χ3n) is 4.95. The number of thiophene rings is 1. The Bertz CT molecular complexity index is 1390. The maximum absolute atomic E-state index is 13.1. The van der Waals surface area contributed by atoms with Crippen molar-refractivity contribution in [2.45, 2.75) is 23.8 Å². The quantitative estimate of drug-likeness (QED) is 0.124. The molecule has 196 valence electrons. The molecule has 0 bridgehead atoms. The van der Waals surface area contributed by atoms with Crippen molar-refractivity contribution in [3.8, 4) is 17.1 Å². The van der Waals surface area contributed by atoms with Crippen LogP contribution in [0.2, 0.25) is 0 Å². The smallest absolute Gasteiger partial charge is 0.326 e. The lowest BCUT2D eigenvalue weighted by molar-refractivity contribution is -0.139. The molecular weight excluding hydrogens is 522 g/mol. The summed E-state index contributed by atoms with van der Waals surface area (Å²) in [7, 11) is -2.66. The SMILES string of the molecule is COc1ncc(-c2cccc(S(=O)(=O)Nc3ccsc3C(=O)N[C@@H](CCCN=C(N)N)C(=O)O)c2)cn1. The molecule has 0 aliphatic heterocycles. The molecule has 0 aliphatic rings. The number of hydrogen-bond donors (Lipinski definition) is 5. The Kier molecular flexibility index (Phi) is 8.97. The zero-order chi connectivity index (χ0) is 27.0. The number of anilines is 1. The van der Waals surface area contributed by atoms with Crippen molar-refractivity contribution in [2.24, 2.45) is 16.5 Å². The Hall–Kier alpha value is -4.24. The van der Waals surface area contributed by atoms with Crippen LogP contribution < -0.4 is 26.2 Å². The number of aliphatic imine (C=N–C) groups is 1. The van der Waals surface area contributed by atoms with Crippen molar-refractivity contribution in [3.05, 3.63) is 53.0 Å². The third kappa shape index (κ3) is 7.37. The van der Waals surface area contributed by atoms with Crippen molar-refractivity contribution in [1.29, 1.82) is 0 Å². The molecule has 2 aromatic heterocycles. The molecule has 0 radical (unpaired) electrons. The van der Waals surface area contributed by atoms with E-state index in [1.807, 2.05) is 0 Å². The summed E-state index contributed by atoms with van der Waals surface area (Å²) < 4.78 is 33.5. The molecule has 1 aromatic carbocycles. The van der Waals surface area contributed by atoms with Gasteiger partial charge in [-0.3, -0.25) is 14.5 Å². The molecule has 3 aromatic rings. The van der Waals surface area contributed by atoms with E-state index in [9.17, 15) is 23.1 Å². The van der Waals surface area contributed by atoms with Gasteiger partial charge in [0.15, 0.2) is 5.96 Å². The second-order valence-corrected chi connectivity index (χ2v) is 10.2. The zero-order valence-electron chi connectivity index (χ0n) is 19.6. The third-order valence-corrected chi connectivity index (χ3v) is 7.23. The highest BCUT2D eigenvalue weighted by atomic mass is 32.2. The summed E-state index contributed by atoms with van der Waals surface area (Å²) in [5.41, 5.74) is 11.6. The van der Waals surface area contributed by atoms with E-state index in [0.717, 1.165) is 11.3 Å². The molecule has 3 rings (SSSR count). The van der Waals surface area contributed by atoms with Gasteiger partial charge in [-0.1, -0.05) is 12.1 Å². The van der Waals surface area contributed by atoms with Gasteiger partial charge < -0.3 is 26.6 Å². The lowest BCUT2D eigenvalue weighted by Crippen LogP contribution is -2.40. The summed E-state index contributed by atoms with van der Waals surface area (Å²) in [6.07, 6.45) is 3.39. The monoisotopic (exact) mass is 547 g/mol. The molecule has 0 spiro atoms. The topological polar surface area (TPSA) is 212 Å². The first-order valence-corrected chi connectivity index (χ1v) is 13.1. The van der Waals surface area contributed by atoms with Gasteiger partial charge in [0.25, 0.3) is 15.9 Å². The molecule has 1 amide bonds. The second kappa shape index (κ2) is 12.1. The first-order valence-electron chi connectivity index (χ1n) is 10.8. The normalized spacial score (nSPS) is 11.8. The highest BCUT2D eigenvalue weighted by Gasteiger charge is 2.25. The van der Waals surface area contributed by atoms with Gasteiger partial charge in [-0.15, -0.1) is 11.3 Å². The molecule has 0 saturated carbocycles. The number of methoxy groups -OCH3 is 1. The Labute approximate surface area is 216 Å². The van der Waals surface area contributed by atoms with Crippen LogP contribution in [0, 0.1) is 0 Å². The first kappa shape index (κ1) is 27.3. The number of aromatic nitrogens is 2. The molecule has 15 heteroatoms. The van der Waals surface area contributed by atoms with Gasteiger partial charge in [0, 0.05) is 24.5 Å². The van der Waals surface area contributed by atoms with E-state index >= 15 is 0 Å². The molecule has 0 fully saturated rings. The summed E-state index contributed by atoms with van der Waals surface area (Å²) in [6, 6.07) is 6.50. The molecule has 0 saturated heterocycles. The number of benzene rings is 1. The van der Waals surface area contributed by atoms with Crippen LogP contribution in [-0.2, 0) is 14.8 Å². The maximum atomic E-state index is 13.1. The van der Waals surface area contributed by atoms with Crippen LogP contribution in [0.4, 0.5) is 5.69 Å². The largest absolute Gasteiger partial charge is 0.480 e. The number of nitrogens with two attached hydrogens (primary N) is 2. The van der Waals surface area contributed by atoms with Crippen LogP contribution >= 0.6 is 11.3 Å². The fraction of sp³-hybridized carbons (Fsp3) is 0.227. The number of nitrogens with one attached hydrogen (secondary N) is 2. The minimum absolute atomic E-state index is 0.0127. The molecule has 0 aliphatic carbocycles. The standard InChI is InChI=1S/C22H25N7O6S2/c1-35-22-26-11-14(12-27-22)13-4-2-5-15(10-13)37(33,34)29-16-7-9-36-18(16)19(30)28-17(20(31)32)6-3-8-25-21(23)24/h2,4-5,7,9-12,17,29H,3,6,8H2,1H3,(H,28,30)(H,31,32)(H4,23,24,25)/t17-/m0/s1. The molecule has 7 N–H and O–H groups in total. The predicted octanol–water partition coefficient (Wildman–Crippen LogP) is 1.25. The van der Waals surface area contributed by atoms with Crippen molar-refractivity contribution in [2.75, 3.05) is 18.4 Å². The number of sulfonamides is 1. The van der Waals surface area contributed by atoms with E-state index < -0.39 is 27.9 Å². The Morgan fingerprint density at radius 3 is 2.57 bits per heavy atom. The van der Waals surface area contributed by atoms with Crippen molar-refractivity contribution < 1.29 is 27.9 Å². The van der Waals surface area contributed by atoms with Crippen LogP contribution in [0.5, 0.6) is 6.01 Å². The van der Waals surface area contributed by atoms with Gasteiger partial charge in [0.1, 0.15) is 10.9 Å². The van der Waals surface area contributed by atoms with Crippen molar-refractivity contribution in [3.63, 3.8) is 0 Å². The minimum Gasteiger partial charge on any atom is -0.480 e. The molecule has 37 heavy (non-hydrogen) atoms. The van der Waals surface area contributed by atoms with Crippen LogP contribution in [0.15, 0.2) is 58.0 Å². The number of carboxylic acid groups (broad SMARTS) is 1. The van der Waals surface area contributed by atoms with Gasteiger partial charge in [-0.25, -0.2) is 23.2 Å². The van der Waals surface area contributed by atoms with E-state index in [1.165, 1.54) is 43.1 Å². The number of ether oxygens (including phenoxy) is 1.